The maximum absolute atomic E-state index is 4.40. The Morgan fingerprint density at radius 1 is 1.30 bits per heavy atom. The number of aromatic nitrogens is 4. The number of rotatable bonds is 8. The SMILES string of the molecule is C=C(C)[C@@H]1CC=C(CN(C)Cc2nnc(SCc3ccncc3)n2C)CC1. The van der Waals surface area contributed by atoms with Crippen molar-refractivity contribution in [2.75, 3.05) is 13.6 Å². The van der Waals surface area contributed by atoms with Crippen LogP contribution in [-0.4, -0.2) is 38.2 Å². The number of hydrogen-bond donors (Lipinski definition) is 0. The molecule has 2 aromatic heterocycles. The Bertz CT molecular complexity index is 796. The van der Waals surface area contributed by atoms with Crippen LogP contribution in [0.3, 0.4) is 0 Å². The Hall–Kier alpha value is -1.92. The van der Waals surface area contributed by atoms with E-state index in [4.69, 9.17) is 0 Å². The minimum absolute atomic E-state index is 0.665. The molecule has 0 spiro atoms. The van der Waals surface area contributed by atoms with Gasteiger partial charge in [0, 0.05) is 31.7 Å². The van der Waals surface area contributed by atoms with Crippen LogP contribution in [0.25, 0.3) is 0 Å². The minimum Gasteiger partial charge on any atom is -0.308 e. The highest BCUT2D eigenvalue weighted by atomic mass is 32.2. The van der Waals surface area contributed by atoms with E-state index in [9.17, 15) is 0 Å². The van der Waals surface area contributed by atoms with Crippen molar-refractivity contribution in [1.29, 1.82) is 0 Å². The van der Waals surface area contributed by atoms with Gasteiger partial charge < -0.3 is 4.57 Å². The third-order valence-corrected chi connectivity index (χ3v) is 6.22. The highest BCUT2D eigenvalue weighted by Gasteiger charge is 2.17. The standard InChI is InChI=1S/C21H29N5S/c1-16(2)19-7-5-17(6-8-19)13-25(3)14-20-23-24-21(26(20)4)27-15-18-9-11-22-12-10-18/h5,9-12,19H,1,6-8,13-15H2,2-4H3/t19-/m1/s1. The summed E-state index contributed by atoms with van der Waals surface area (Å²) in [5.74, 6) is 2.55. The van der Waals surface area contributed by atoms with Crippen molar-refractivity contribution in [3.05, 3.63) is 59.7 Å². The van der Waals surface area contributed by atoms with E-state index in [0.29, 0.717) is 5.92 Å². The molecule has 0 fully saturated rings. The van der Waals surface area contributed by atoms with Gasteiger partial charge in [-0.25, -0.2) is 0 Å². The third kappa shape index (κ3) is 5.53. The van der Waals surface area contributed by atoms with Crippen LogP contribution >= 0.6 is 11.8 Å². The van der Waals surface area contributed by atoms with Gasteiger partial charge in [-0.1, -0.05) is 35.6 Å². The Morgan fingerprint density at radius 2 is 2.07 bits per heavy atom. The molecular weight excluding hydrogens is 354 g/mol. The maximum Gasteiger partial charge on any atom is 0.191 e. The normalized spacial score (nSPS) is 17.2. The number of thioether (sulfide) groups is 1. The van der Waals surface area contributed by atoms with Gasteiger partial charge in [0.25, 0.3) is 0 Å². The lowest BCUT2D eigenvalue weighted by atomic mass is 9.85. The van der Waals surface area contributed by atoms with Crippen molar-refractivity contribution in [2.24, 2.45) is 13.0 Å². The fourth-order valence-corrected chi connectivity index (χ4v) is 4.24. The van der Waals surface area contributed by atoms with Gasteiger partial charge in [0.1, 0.15) is 5.82 Å². The van der Waals surface area contributed by atoms with E-state index in [1.807, 2.05) is 24.5 Å². The largest absolute Gasteiger partial charge is 0.308 e. The summed E-state index contributed by atoms with van der Waals surface area (Å²) < 4.78 is 2.11. The van der Waals surface area contributed by atoms with Gasteiger partial charge in [-0.05, 0) is 56.8 Å². The predicted octanol–water partition coefficient (Wildman–Crippen LogP) is 4.24. The topological polar surface area (TPSA) is 46.8 Å². The molecule has 1 aliphatic carbocycles. The molecule has 6 heteroatoms. The summed E-state index contributed by atoms with van der Waals surface area (Å²) in [7, 11) is 4.21. The van der Waals surface area contributed by atoms with Crippen LogP contribution in [0.4, 0.5) is 0 Å². The van der Waals surface area contributed by atoms with Crippen LogP contribution in [0.1, 0.15) is 37.6 Å². The molecule has 0 saturated heterocycles. The summed E-state index contributed by atoms with van der Waals surface area (Å²) in [6, 6.07) is 4.07. The average molecular weight is 384 g/mol. The van der Waals surface area contributed by atoms with Gasteiger partial charge in [0.2, 0.25) is 0 Å². The van der Waals surface area contributed by atoms with Crippen molar-refractivity contribution in [1.82, 2.24) is 24.6 Å². The van der Waals surface area contributed by atoms with E-state index >= 15 is 0 Å². The highest BCUT2D eigenvalue weighted by molar-refractivity contribution is 7.98. The first-order valence-corrected chi connectivity index (χ1v) is 10.4. The lowest BCUT2D eigenvalue weighted by molar-refractivity contribution is 0.330. The zero-order valence-electron chi connectivity index (χ0n) is 16.6. The average Bonchev–Trinajstić information content (AvgIpc) is 3.01. The number of allylic oxidation sites excluding steroid dienone is 2. The summed E-state index contributed by atoms with van der Waals surface area (Å²) in [6.45, 7) is 8.05. The van der Waals surface area contributed by atoms with E-state index in [0.717, 1.165) is 36.2 Å². The molecule has 3 rings (SSSR count). The van der Waals surface area contributed by atoms with Crippen molar-refractivity contribution in [3.63, 3.8) is 0 Å². The molecule has 0 amide bonds. The predicted molar refractivity (Wildman–Crippen MR) is 111 cm³/mol. The third-order valence-electron chi connectivity index (χ3n) is 5.13. The Morgan fingerprint density at radius 3 is 2.74 bits per heavy atom. The quantitative estimate of drug-likeness (QED) is 0.504. The molecule has 2 aromatic rings. The number of hydrogen-bond acceptors (Lipinski definition) is 5. The van der Waals surface area contributed by atoms with Crippen molar-refractivity contribution < 1.29 is 0 Å². The second kappa shape index (κ2) is 9.33. The monoisotopic (exact) mass is 383 g/mol. The molecule has 2 heterocycles. The molecule has 1 aliphatic rings. The first-order valence-electron chi connectivity index (χ1n) is 9.44. The number of nitrogens with zero attached hydrogens (tertiary/aromatic N) is 5. The first kappa shape index (κ1) is 19.8. The molecule has 5 nitrogen and oxygen atoms in total. The smallest absolute Gasteiger partial charge is 0.191 e. The van der Waals surface area contributed by atoms with E-state index < -0.39 is 0 Å². The molecule has 0 N–H and O–H groups in total. The van der Waals surface area contributed by atoms with Gasteiger partial charge in [-0.2, -0.15) is 0 Å². The van der Waals surface area contributed by atoms with Crippen LogP contribution in [0.15, 0.2) is 53.5 Å². The molecule has 0 radical (unpaired) electrons. The first-order chi connectivity index (χ1) is 13.0. The number of likely N-dealkylation sites (N-methyl/N-ethyl adjacent to an activating group) is 1. The van der Waals surface area contributed by atoms with E-state index in [2.05, 4.69) is 58.3 Å². The van der Waals surface area contributed by atoms with Crippen LogP contribution < -0.4 is 0 Å². The van der Waals surface area contributed by atoms with Crippen LogP contribution in [0, 0.1) is 5.92 Å². The Kier molecular flexibility index (Phi) is 6.85. The maximum atomic E-state index is 4.40. The zero-order valence-corrected chi connectivity index (χ0v) is 17.4. The van der Waals surface area contributed by atoms with Crippen molar-refractivity contribution in [3.8, 4) is 0 Å². The van der Waals surface area contributed by atoms with Gasteiger partial charge in [0.15, 0.2) is 5.16 Å². The molecule has 144 valence electrons. The lowest BCUT2D eigenvalue weighted by Gasteiger charge is -2.25. The Balaban J connectivity index is 1.52. The zero-order chi connectivity index (χ0) is 19.2. The van der Waals surface area contributed by atoms with Gasteiger partial charge in [-0.3, -0.25) is 9.88 Å². The van der Waals surface area contributed by atoms with Gasteiger partial charge in [-0.15, -0.1) is 10.2 Å². The van der Waals surface area contributed by atoms with E-state index in [1.54, 1.807) is 11.8 Å². The summed E-state index contributed by atoms with van der Waals surface area (Å²) in [5, 5.41) is 9.73. The van der Waals surface area contributed by atoms with E-state index in [1.165, 1.54) is 29.6 Å². The van der Waals surface area contributed by atoms with Crippen LogP contribution in [0.5, 0.6) is 0 Å². The summed E-state index contributed by atoms with van der Waals surface area (Å²) >= 11 is 1.71. The molecule has 27 heavy (non-hydrogen) atoms. The molecule has 1 atom stereocenters. The van der Waals surface area contributed by atoms with Crippen molar-refractivity contribution in [2.45, 2.75) is 43.6 Å². The van der Waals surface area contributed by atoms with Crippen LogP contribution in [-0.2, 0) is 19.3 Å². The fourth-order valence-electron chi connectivity index (χ4n) is 3.36. The summed E-state index contributed by atoms with van der Waals surface area (Å²) in [4.78, 5) is 6.39. The summed E-state index contributed by atoms with van der Waals surface area (Å²) in [5.41, 5.74) is 4.09. The van der Waals surface area contributed by atoms with E-state index in [-0.39, 0.29) is 0 Å². The second-order valence-corrected chi connectivity index (χ2v) is 8.40. The minimum atomic E-state index is 0.665. The molecule has 0 saturated carbocycles. The summed E-state index contributed by atoms with van der Waals surface area (Å²) in [6.07, 6.45) is 9.60. The fraction of sp³-hybridized carbons (Fsp3) is 0.476. The molecular formula is C21H29N5S. The lowest BCUT2D eigenvalue weighted by Crippen LogP contribution is -2.24. The van der Waals surface area contributed by atoms with Gasteiger partial charge in [0.05, 0.1) is 6.54 Å². The van der Waals surface area contributed by atoms with Crippen molar-refractivity contribution >= 4 is 11.8 Å². The molecule has 0 aliphatic heterocycles. The number of pyridine rings is 1. The molecule has 0 aromatic carbocycles. The molecule has 0 bridgehead atoms. The molecule has 0 unspecified atom stereocenters. The van der Waals surface area contributed by atoms with Gasteiger partial charge >= 0.3 is 0 Å². The second-order valence-electron chi connectivity index (χ2n) is 7.45. The van der Waals surface area contributed by atoms with Crippen LogP contribution in [0.2, 0.25) is 0 Å². The Labute approximate surface area is 166 Å². The highest BCUT2D eigenvalue weighted by Crippen LogP contribution is 2.28.